The third-order valence-electron chi connectivity index (χ3n) is 3.99. The van der Waals surface area contributed by atoms with Crippen molar-refractivity contribution >= 4 is 24.5 Å². The van der Waals surface area contributed by atoms with E-state index < -0.39 is 7.12 Å². The van der Waals surface area contributed by atoms with Crippen molar-refractivity contribution in [2.24, 2.45) is 17.8 Å². The number of hydrogen-bond acceptors (Lipinski definition) is 7. The van der Waals surface area contributed by atoms with Crippen molar-refractivity contribution in [3.05, 3.63) is 12.4 Å². The highest BCUT2D eigenvalue weighted by atomic mass is 16.5. The van der Waals surface area contributed by atoms with Crippen LogP contribution >= 0.6 is 0 Å². The molecule has 1 saturated heterocycles. The van der Waals surface area contributed by atoms with Gasteiger partial charge in [-0.3, -0.25) is 4.79 Å². The first kappa shape index (κ1) is 13.3. The van der Waals surface area contributed by atoms with E-state index in [9.17, 15) is 4.79 Å². The molecule has 8 heteroatoms. The molecule has 1 aliphatic carbocycles. The molecule has 0 amide bonds. The van der Waals surface area contributed by atoms with E-state index in [2.05, 4.69) is 9.97 Å². The largest absolute Gasteiger partial charge is 0.491 e. The highest BCUT2D eigenvalue weighted by Gasteiger charge is 2.60. The highest BCUT2D eigenvalue weighted by Crippen LogP contribution is 2.52. The van der Waals surface area contributed by atoms with Crippen LogP contribution in [-0.4, -0.2) is 52.8 Å². The minimum absolute atomic E-state index is 0.0322. The molecule has 1 aromatic heterocycles. The maximum Gasteiger partial charge on any atom is 0.491 e. The van der Waals surface area contributed by atoms with Crippen molar-refractivity contribution in [2.75, 3.05) is 24.6 Å². The molecule has 2 aliphatic rings. The lowest BCUT2D eigenvalue weighted by Gasteiger charge is -2.19. The van der Waals surface area contributed by atoms with Gasteiger partial charge in [0.05, 0.1) is 12.5 Å². The van der Waals surface area contributed by atoms with Crippen molar-refractivity contribution in [1.29, 1.82) is 0 Å². The number of fused-ring (bicyclic) bond motifs is 1. The highest BCUT2D eigenvalue weighted by molar-refractivity contribution is 6.58. The Morgan fingerprint density at radius 2 is 2.00 bits per heavy atom. The van der Waals surface area contributed by atoms with Crippen molar-refractivity contribution < 1.29 is 19.6 Å². The molecule has 20 heavy (non-hydrogen) atoms. The lowest BCUT2D eigenvalue weighted by atomic mass is 9.83. The fourth-order valence-electron chi connectivity index (χ4n) is 2.91. The van der Waals surface area contributed by atoms with E-state index in [1.807, 2.05) is 11.8 Å². The first-order valence-corrected chi connectivity index (χ1v) is 6.71. The summed E-state index contributed by atoms with van der Waals surface area (Å²) in [5.74, 6) is 1.16. The van der Waals surface area contributed by atoms with Crippen LogP contribution in [0.2, 0.25) is 0 Å². The lowest BCUT2D eigenvalue weighted by molar-refractivity contribution is -0.145. The van der Waals surface area contributed by atoms with E-state index in [0.717, 1.165) is 13.1 Å². The zero-order valence-electron chi connectivity index (χ0n) is 11.1. The molecule has 106 valence electrons. The summed E-state index contributed by atoms with van der Waals surface area (Å²) in [6.45, 7) is 3.73. The first-order chi connectivity index (χ1) is 9.61. The van der Waals surface area contributed by atoms with Gasteiger partial charge in [-0.1, -0.05) is 0 Å². The summed E-state index contributed by atoms with van der Waals surface area (Å²) in [4.78, 5) is 21.9. The maximum atomic E-state index is 11.7. The van der Waals surface area contributed by atoms with Crippen LogP contribution in [0.1, 0.15) is 6.92 Å². The van der Waals surface area contributed by atoms with E-state index in [4.69, 9.17) is 14.8 Å². The van der Waals surface area contributed by atoms with Gasteiger partial charge >= 0.3 is 13.1 Å². The third-order valence-corrected chi connectivity index (χ3v) is 3.99. The van der Waals surface area contributed by atoms with Crippen molar-refractivity contribution in [2.45, 2.75) is 6.92 Å². The number of anilines is 1. The smallest absolute Gasteiger partial charge is 0.466 e. The summed E-state index contributed by atoms with van der Waals surface area (Å²) in [5, 5.41) is 18.0. The van der Waals surface area contributed by atoms with E-state index in [1.165, 1.54) is 12.4 Å². The minimum atomic E-state index is -1.55. The average molecular weight is 277 g/mol. The number of rotatable bonds is 4. The van der Waals surface area contributed by atoms with Gasteiger partial charge in [-0.25, -0.2) is 9.97 Å². The Kier molecular flexibility index (Phi) is 3.35. The number of piperidine rings is 1. The molecule has 1 aliphatic heterocycles. The number of esters is 1. The Balaban J connectivity index is 1.59. The Bertz CT molecular complexity index is 498. The van der Waals surface area contributed by atoms with Gasteiger partial charge in [0.25, 0.3) is 0 Å². The normalized spacial score (nSPS) is 27.1. The molecule has 2 fully saturated rings. The molecular formula is C12H16BN3O4. The summed E-state index contributed by atoms with van der Waals surface area (Å²) in [6, 6.07) is 0. The quantitative estimate of drug-likeness (QED) is 0.505. The van der Waals surface area contributed by atoms with Crippen LogP contribution in [-0.2, 0) is 9.53 Å². The van der Waals surface area contributed by atoms with E-state index in [1.54, 1.807) is 0 Å². The predicted molar refractivity (Wildman–Crippen MR) is 71.2 cm³/mol. The Morgan fingerprint density at radius 3 is 2.50 bits per heavy atom. The topological polar surface area (TPSA) is 95.8 Å². The molecule has 2 N–H and O–H groups in total. The SMILES string of the molecule is CCOC(=O)[C@@H]1[C@@H]2CN(c3ncc(B(O)O)cn3)C[C@@H]21. The fraction of sp³-hybridized carbons (Fsp3) is 0.583. The molecular weight excluding hydrogens is 261 g/mol. The summed E-state index contributed by atoms with van der Waals surface area (Å²) < 4.78 is 5.04. The lowest BCUT2D eigenvalue weighted by Crippen LogP contribution is -2.33. The summed E-state index contributed by atoms with van der Waals surface area (Å²) in [5.41, 5.74) is 0.266. The molecule has 3 atom stereocenters. The van der Waals surface area contributed by atoms with Crippen molar-refractivity contribution in [3.8, 4) is 0 Å². The Labute approximate surface area is 116 Å². The van der Waals surface area contributed by atoms with E-state index in [-0.39, 0.29) is 17.4 Å². The first-order valence-electron chi connectivity index (χ1n) is 6.71. The predicted octanol–water partition coefficient (Wildman–Crippen LogP) is -1.60. The number of carbonyl (C=O) groups excluding carboxylic acids is 1. The van der Waals surface area contributed by atoms with E-state index >= 15 is 0 Å². The second kappa shape index (κ2) is 5.03. The van der Waals surface area contributed by atoms with Crippen LogP contribution in [0.3, 0.4) is 0 Å². The Morgan fingerprint density at radius 1 is 1.40 bits per heavy atom. The van der Waals surface area contributed by atoms with Crippen LogP contribution in [0.15, 0.2) is 12.4 Å². The monoisotopic (exact) mass is 277 g/mol. The number of carbonyl (C=O) groups is 1. The van der Waals surface area contributed by atoms with Gasteiger partial charge in [0.1, 0.15) is 0 Å². The van der Waals surface area contributed by atoms with Gasteiger partial charge in [0, 0.05) is 30.9 Å². The van der Waals surface area contributed by atoms with Crippen molar-refractivity contribution in [1.82, 2.24) is 9.97 Å². The van der Waals surface area contributed by atoms with Crippen LogP contribution in [0.4, 0.5) is 5.95 Å². The molecule has 1 aromatic rings. The van der Waals surface area contributed by atoms with Crippen LogP contribution < -0.4 is 10.4 Å². The number of ether oxygens (including phenoxy) is 1. The van der Waals surface area contributed by atoms with Crippen LogP contribution in [0.25, 0.3) is 0 Å². The molecule has 3 rings (SSSR count). The minimum Gasteiger partial charge on any atom is -0.466 e. The zero-order chi connectivity index (χ0) is 14.3. The second-order valence-corrected chi connectivity index (χ2v) is 5.20. The van der Waals surface area contributed by atoms with Gasteiger partial charge in [-0.15, -0.1) is 0 Å². The maximum absolute atomic E-state index is 11.7. The van der Waals surface area contributed by atoms with Crippen LogP contribution in [0, 0.1) is 17.8 Å². The summed E-state index contributed by atoms with van der Waals surface area (Å²) >= 11 is 0. The molecule has 0 aromatic carbocycles. The standard InChI is InChI=1S/C12H16BN3O4/c1-2-20-11(17)10-8-5-16(6-9(8)10)12-14-3-7(4-15-12)13(18)19/h3-4,8-10,18-19H,2,5-6H2,1H3/t8-,9+,10-. The molecule has 7 nitrogen and oxygen atoms in total. The van der Waals surface area contributed by atoms with Gasteiger partial charge < -0.3 is 19.7 Å². The molecule has 1 saturated carbocycles. The van der Waals surface area contributed by atoms with Gasteiger partial charge in [-0.05, 0) is 18.8 Å². The zero-order valence-corrected chi connectivity index (χ0v) is 11.1. The van der Waals surface area contributed by atoms with Crippen molar-refractivity contribution in [3.63, 3.8) is 0 Å². The van der Waals surface area contributed by atoms with Gasteiger partial charge in [0.15, 0.2) is 0 Å². The van der Waals surface area contributed by atoms with Gasteiger partial charge in [-0.2, -0.15) is 0 Å². The molecule has 0 unspecified atom stereocenters. The van der Waals surface area contributed by atoms with Crippen LogP contribution in [0.5, 0.6) is 0 Å². The molecule has 2 heterocycles. The fourth-order valence-corrected chi connectivity index (χ4v) is 2.91. The average Bonchev–Trinajstić information content (AvgIpc) is 2.94. The van der Waals surface area contributed by atoms with Gasteiger partial charge in [0.2, 0.25) is 5.95 Å². The molecule has 0 bridgehead atoms. The number of nitrogens with zero attached hydrogens (tertiary/aromatic N) is 3. The number of aromatic nitrogens is 2. The number of hydrogen-bond donors (Lipinski definition) is 2. The second-order valence-electron chi connectivity index (χ2n) is 5.20. The summed E-state index contributed by atoms with van der Waals surface area (Å²) in [6.07, 6.45) is 2.81. The Hall–Kier alpha value is -1.67. The van der Waals surface area contributed by atoms with E-state index in [0.29, 0.717) is 24.4 Å². The summed E-state index contributed by atoms with van der Waals surface area (Å²) in [7, 11) is -1.55. The molecule has 0 radical (unpaired) electrons. The third kappa shape index (κ3) is 2.25. The molecule has 0 spiro atoms.